The number of hydrazone groups is 1. The van der Waals surface area contributed by atoms with E-state index in [1.165, 1.54) is 5.56 Å². The predicted octanol–water partition coefficient (Wildman–Crippen LogP) is 6.58. The molecule has 0 aliphatic carbocycles. The molecule has 0 atom stereocenters. The van der Waals surface area contributed by atoms with Crippen molar-refractivity contribution in [1.29, 1.82) is 0 Å². The molecule has 4 rings (SSSR count). The fourth-order valence-electron chi connectivity index (χ4n) is 3.62. The maximum atomic E-state index is 12.3. The van der Waals surface area contributed by atoms with Gasteiger partial charge in [-0.1, -0.05) is 75.4 Å². The Morgan fingerprint density at radius 2 is 1.59 bits per heavy atom. The lowest BCUT2D eigenvalue weighted by atomic mass is 9.87. The molecule has 162 valence electrons. The third kappa shape index (κ3) is 4.83. The van der Waals surface area contributed by atoms with Crippen molar-refractivity contribution in [2.45, 2.75) is 26.2 Å². The van der Waals surface area contributed by atoms with Gasteiger partial charge in [0.05, 0.1) is 10.7 Å². The first kappa shape index (κ1) is 22.0. The van der Waals surface area contributed by atoms with Gasteiger partial charge in [0.25, 0.3) is 5.91 Å². The van der Waals surface area contributed by atoms with Crippen LogP contribution in [0.25, 0.3) is 21.5 Å². The highest BCUT2D eigenvalue weighted by molar-refractivity contribution is 9.10. The summed E-state index contributed by atoms with van der Waals surface area (Å²) in [6, 6.07) is 24.4. The second-order valence-electron chi connectivity index (χ2n) is 8.71. The van der Waals surface area contributed by atoms with Crippen molar-refractivity contribution in [1.82, 2.24) is 5.43 Å². The summed E-state index contributed by atoms with van der Waals surface area (Å²) in [5.41, 5.74) is 4.78. The summed E-state index contributed by atoms with van der Waals surface area (Å²) in [7, 11) is 0. The molecule has 0 saturated heterocycles. The van der Waals surface area contributed by atoms with Gasteiger partial charge in [-0.15, -0.1) is 0 Å². The third-order valence-corrected chi connectivity index (χ3v) is 5.97. The minimum Gasteiger partial charge on any atom is -0.483 e. The average Bonchev–Trinajstić information content (AvgIpc) is 2.77. The number of benzene rings is 4. The molecule has 4 aromatic carbocycles. The SMILES string of the molecule is CC(C)(C)c1ccc(OCC(=O)N/N=C/c2c3ccccc3cc3ccccc23)c(Br)c1. The number of fused-ring (bicyclic) bond motifs is 2. The van der Waals surface area contributed by atoms with Gasteiger partial charge in [-0.2, -0.15) is 5.10 Å². The standard InChI is InChI=1S/C27H25BrN2O2/c1-27(2,3)20-12-13-25(24(28)15-20)32-17-26(31)30-29-16-23-21-10-6-4-8-18(21)14-19-9-5-7-11-22(19)23/h4-16H,17H2,1-3H3,(H,30,31)/b29-16+. The van der Waals surface area contributed by atoms with Crippen LogP contribution in [0.4, 0.5) is 0 Å². The van der Waals surface area contributed by atoms with Crippen LogP contribution >= 0.6 is 15.9 Å². The summed E-state index contributed by atoms with van der Waals surface area (Å²) in [6.45, 7) is 6.33. The van der Waals surface area contributed by atoms with E-state index in [1.54, 1.807) is 6.21 Å². The van der Waals surface area contributed by atoms with Gasteiger partial charge in [0.15, 0.2) is 6.61 Å². The summed E-state index contributed by atoms with van der Waals surface area (Å²) in [4.78, 5) is 12.3. The number of carbonyl (C=O) groups excluding carboxylic acids is 1. The van der Waals surface area contributed by atoms with Crippen molar-refractivity contribution < 1.29 is 9.53 Å². The molecule has 0 aromatic heterocycles. The Kier molecular flexibility index (Phi) is 6.28. The molecule has 32 heavy (non-hydrogen) atoms. The summed E-state index contributed by atoms with van der Waals surface area (Å²) in [6.07, 6.45) is 1.70. The molecule has 0 unspecified atom stereocenters. The van der Waals surface area contributed by atoms with E-state index in [-0.39, 0.29) is 17.9 Å². The van der Waals surface area contributed by atoms with Crippen LogP contribution in [-0.4, -0.2) is 18.7 Å². The van der Waals surface area contributed by atoms with Crippen molar-refractivity contribution in [3.05, 3.63) is 88.4 Å². The molecule has 0 aliphatic heterocycles. The summed E-state index contributed by atoms with van der Waals surface area (Å²) >= 11 is 3.53. The first-order chi connectivity index (χ1) is 15.3. The van der Waals surface area contributed by atoms with E-state index in [4.69, 9.17) is 4.74 Å². The van der Waals surface area contributed by atoms with E-state index in [0.29, 0.717) is 5.75 Å². The average molecular weight is 489 g/mol. The molecular formula is C27H25BrN2O2. The molecular weight excluding hydrogens is 464 g/mol. The van der Waals surface area contributed by atoms with Crippen LogP contribution in [-0.2, 0) is 10.2 Å². The highest BCUT2D eigenvalue weighted by Gasteiger charge is 2.15. The maximum Gasteiger partial charge on any atom is 0.277 e. The number of ether oxygens (including phenoxy) is 1. The van der Waals surface area contributed by atoms with Crippen LogP contribution in [0, 0.1) is 0 Å². The first-order valence-corrected chi connectivity index (χ1v) is 11.3. The van der Waals surface area contributed by atoms with Crippen molar-refractivity contribution in [3.63, 3.8) is 0 Å². The second-order valence-corrected chi connectivity index (χ2v) is 9.56. The summed E-state index contributed by atoms with van der Waals surface area (Å²) < 4.78 is 6.50. The van der Waals surface area contributed by atoms with Crippen molar-refractivity contribution >= 4 is 49.6 Å². The van der Waals surface area contributed by atoms with Gasteiger partial charge in [0.1, 0.15) is 5.75 Å². The Bertz CT molecular complexity index is 1270. The lowest BCUT2D eigenvalue weighted by Gasteiger charge is -2.20. The van der Waals surface area contributed by atoms with Crippen LogP contribution < -0.4 is 10.2 Å². The van der Waals surface area contributed by atoms with Crippen LogP contribution in [0.5, 0.6) is 5.75 Å². The monoisotopic (exact) mass is 488 g/mol. The highest BCUT2D eigenvalue weighted by atomic mass is 79.9. The van der Waals surface area contributed by atoms with Crippen LogP contribution in [0.2, 0.25) is 0 Å². The lowest BCUT2D eigenvalue weighted by Crippen LogP contribution is -2.24. The van der Waals surface area contributed by atoms with Crippen LogP contribution in [0.1, 0.15) is 31.9 Å². The number of nitrogens with zero attached hydrogens (tertiary/aromatic N) is 1. The minimum atomic E-state index is -0.322. The van der Waals surface area contributed by atoms with E-state index < -0.39 is 0 Å². The first-order valence-electron chi connectivity index (χ1n) is 10.5. The number of amides is 1. The van der Waals surface area contributed by atoms with Gasteiger partial charge in [0.2, 0.25) is 0 Å². The Balaban J connectivity index is 1.47. The molecule has 0 radical (unpaired) electrons. The van der Waals surface area contributed by atoms with Gasteiger partial charge in [0, 0.05) is 5.56 Å². The Hall–Kier alpha value is -3.18. The lowest BCUT2D eigenvalue weighted by molar-refractivity contribution is -0.123. The molecule has 1 N–H and O–H groups in total. The molecule has 0 aliphatic rings. The van der Waals surface area contributed by atoms with E-state index in [2.05, 4.69) is 77.6 Å². The molecule has 4 nitrogen and oxygen atoms in total. The predicted molar refractivity (Wildman–Crippen MR) is 136 cm³/mol. The molecule has 0 bridgehead atoms. The smallest absolute Gasteiger partial charge is 0.277 e. The zero-order valence-electron chi connectivity index (χ0n) is 18.4. The maximum absolute atomic E-state index is 12.3. The van der Waals surface area contributed by atoms with E-state index in [0.717, 1.165) is 31.6 Å². The normalized spacial score (nSPS) is 11.9. The largest absolute Gasteiger partial charge is 0.483 e. The number of hydrogen-bond donors (Lipinski definition) is 1. The van der Waals surface area contributed by atoms with Crippen molar-refractivity contribution in [2.75, 3.05) is 6.61 Å². The quantitative estimate of drug-likeness (QED) is 0.196. The van der Waals surface area contributed by atoms with Crippen LogP contribution in [0.15, 0.2) is 82.4 Å². The highest BCUT2D eigenvalue weighted by Crippen LogP contribution is 2.31. The molecule has 4 aromatic rings. The van der Waals surface area contributed by atoms with Gasteiger partial charge in [-0.05, 0) is 66.7 Å². The Labute approximate surface area is 196 Å². The Morgan fingerprint density at radius 3 is 2.19 bits per heavy atom. The van der Waals surface area contributed by atoms with Gasteiger partial charge in [-0.3, -0.25) is 4.79 Å². The van der Waals surface area contributed by atoms with Gasteiger partial charge < -0.3 is 4.74 Å². The van der Waals surface area contributed by atoms with Crippen molar-refractivity contribution in [3.8, 4) is 5.75 Å². The van der Waals surface area contributed by atoms with Gasteiger partial charge in [-0.25, -0.2) is 5.43 Å². The zero-order chi connectivity index (χ0) is 22.7. The summed E-state index contributed by atoms with van der Waals surface area (Å²) in [5, 5.41) is 8.64. The number of halogens is 1. The fourth-order valence-corrected chi connectivity index (χ4v) is 4.11. The Morgan fingerprint density at radius 1 is 0.969 bits per heavy atom. The summed E-state index contributed by atoms with van der Waals surface area (Å²) in [5.74, 6) is 0.301. The molecule has 0 spiro atoms. The molecule has 0 saturated carbocycles. The molecule has 0 fully saturated rings. The number of carbonyl (C=O) groups is 1. The van der Waals surface area contributed by atoms with E-state index in [1.807, 2.05) is 42.5 Å². The molecule has 5 heteroatoms. The molecule has 1 amide bonds. The molecule has 0 heterocycles. The van der Waals surface area contributed by atoms with E-state index in [9.17, 15) is 4.79 Å². The zero-order valence-corrected chi connectivity index (χ0v) is 19.9. The number of nitrogens with one attached hydrogen (secondary N) is 1. The van der Waals surface area contributed by atoms with Gasteiger partial charge >= 0.3 is 0 Å². The topological polar surface area (TPSA) is 50.7 Å². The van der Waals surface area contributed by atoms with E-state index >= 15 is 0 Å². The number of hydrogen-bond acceptors (Lipinski definition) is 3. The number of rotatable bonds is 5. The fraction of sp³-hybridized carbons (Fsp3) is 0.185. The van der Waals surface area contributed by atoms with Crippen LogP contribution in [0.3, 0.4) is 0 Å². The minimum absolute atomic E-state index is 0.0406. The van der Waals surface area contributed by atoms with Crippen molar-refractivity contribution in [2.24, 2.45) is 5.10 Å². The second kappa shape index (κ2) is 9.13. The third-order valence-electron chi connectivity index (χ3n) is 5.35.